The molecule has 0 atom stereocenters. The first kappa shape index (κ1) is 15.3. The van der Waals surface area contributed by atoms with Crippen LogP contribution in [0.25, 0.3) is 0 Å². The maximum Gasteiger partial charge on any atom is 0.178 e. The van der Waals surface area contributed by atoms with E-state index in [1.807, 2.05) is 26.1 Å². The molecule has 0 spiro atoms. The molecule has 4 nitrogen and oxygen atoms in total. The lowest BCUT2D eigenvalue weighted by Crippen LogP contribution is -2.41. The van der Waals surface area contributed by atoms with Crippen LogP contribution in [0.3, 0.4) is 0 Å². The fourth-order valence-corrected chi connectivity index (χ4v) is 4.05. The van der Waals surface area contributed by atoms with Gasteiger partial charge in [-0.25, -0.2) is 8.42 Å². The predicted molar refractivity (Wildman–Crippen MR) is 82.8 cm³/mol. The van der Waals surface area contributed by atoms with Gasteiger partial charge in [0.1, 0.15) is 0 Å². The lowest BCUT2D eigenvalue weighted by atomic mass is 9.80. The Kier molecular flexibility index (Phi) is 4.70. The van der Waals surface area contributed by atoms with Gasteiger partial charge < -0.3 is 10.6 Å². The summed E-state index contributed by atoms with van der Waals surface area (Å²) in [6, 6.07) is 7.57. The summed E-state index contributed by atoms with van der Waals surface area (Å²) in [5.41, 5.74) is 6.85. The zero-order chi connectivity index (χ0) is 14.8. The van der Waals surface area contributed by atoms with Crippen molar-refractivity contribution < 1.29 is 8.42 Å². The molecule has 20 heavy (non-hydrogen) atoms. The number of nitrogens with two attached hydrogens (primary N) is 1. The van der Waals surface area contributed by atoms with E-state index in [0.29, 0.717) is 23.3 Å². The van der Waals surface area contributed by atoms with Crippen molar-refractivity contribution in [2.75, 3.05) is 24.2 Å². The van der Waals surface area contributed by atoms with Crippen molar-refractivity contribution in [3.8, 4) is 0 Å². The zero-order valence-electron chi connectivity index (χ0n) is 12.2. The first-order chi connectivity index (χ1) is 9.42. The van der Waals surface area contributed by atoms with E-state index in [-0.39, 0.29) is 5.75 Å². The van der Waals surface area contributed by atoms with E-state index >= 15 is 0 Å². The fourth-order valence-electron chi connectivity index (χ4n) is 2.72. The highest BCUT2D eigenvalue weighted by atomic mass is 32.2. The summed E-state index contributed by atoms with van der Waals surface area (Å²) in [5.74, 6) is 0.876. The third-order valence-corrected chi connectivity index (χ3v) is 5.85. The minimum Gasteiger partial charge on any atom is -0.374 e. The Morgan fingerprint density at radius 3 is 2.35 bits per heavy atom. The van der Waals surface area contributed by atoms with Crippen LogP contribution in [0.1, 0.15) is 26.2 Å². The van der Waals surface area contributed by atoms with Gasteiger partial charge in [-0.2, -0.15) is 0 Å². The molecule has 0 bridgehead atoms. The van der Waals surface area contributed by atoms with E-state index in [2.05, 4.69) is 4.90 Å². The number of nitrogens with zero attached hydrogens (tertiary/aromatic N) is 1. The average molecular weight is 296 g/mol. The number of hydrogen-bond donors (Lipinski definition) is 1. The lowest BCUT2D eigenvalue weighted by Gasteiger charge is -2.36. The Hall–Kier alpha value is -1.07. The minimum absolute atomic E-state index is 0.210. The van der Waals surface area contributed by atoms with Crippen LogP contribution in [0.5, 0.6) is 0 Å². The van der Waals surface area contributed by atoms with Gasteiger partial charge in [-0.05, 0) is 49.4 Å². The molecular weight excluding hydrogens is 272 g/mol. The fraction of sp³-hybridized carbons (Fsp3) is 0.600. The van der Waals surface area contributed by atoms with E-state index in [9.17, 15) is 8.42 Å². The van der Waals surface area contributed by atoms with E-state index < -0.39 is 9.84 Å². The second-order valence-corrected chi connectivity index (χ2v) is 7.90. The molecule has 1 aliphatic rings. The predicted octanol–water partition coefficient (Wildman–Crippen LogP) is 2.04. The van der Waals surface area contributed by atoms with Gasteiger partial charge in [-0.1, -0.05) is 6.92 Å². The van der Waals surface area contributed by atoms with E-state index in [1.165, 1.54) is 0 Å². The molecule has 0 saturated heterocycles. The van der Waals surface area contributed by atoms with Crippen molar-refractivity contribution in [1.82, 2.24) is 0 Å². The van der Waals surface area contributed by atoms with E-state index in [0.717, 1.165) is 25.1 Å². The summed E-state index contributed by atoms with van der Waals surface area (Å²) in [6.45, 7) is 2.86. The van der Waals surface area contributed by atoms with Crippen LogP contribution in [0.15, 0.2) is 29.2 Å². The molecule has 0 heterocycles. The molecule has 0 unspecified atom stereocenters. The van der Waals surface area contributed by atoms with Crippen molar-refractivity contribution >= 4 is 15.5 Å². The summed E-state index contributed by atoms with van der Waals surface area (Å²) in [4.78, 5) is 2.59. The summed E-state index contributed by atoms with van der Waals surface area (Å²) in [7, 11) is -1.07. The van der Waals surface area contributed by atoms with E-state index in [4.69, 9.17) is 5.73 Å². The van der Waals surface area contributed by atoms with Crippen LogP contribution in [0.2, 0.25) is 0 Å². The molecule has 1 saturated carbocycles. The first-order valence-electron chi connectivity index (χ1n) is 7.22. The standard InChI is InChI=1S/C15H24N2O2S/c1-3-8-20(18,19)15-6-4-14(5-7-15)17(2)11-12-9-13(16)10-12/h4-7,12-13H,3,8-11,16H2,1-2H3. The molecule has 1 aromatic rings. The van der Waals surface area contributed by atoms with Gasteiger partial charge in [0.2, 0.25) is 0 Å². The second-order valence-electron chi connectivity index (χ2n) is 5.79. The normalized spacial score (nSPS) is 22.4. The Morgan fingerprint density at radius 2 is 1.85 bits per heavy atom. The number of sulfone groups is 1. The Morgan fingerprint density at radius 1 is 1.25 bits per heavy atom. The molecule has 5 heteroatoms. The molecule has 2 rings (SSSR count). The molecular formula is C15H24N2O2S. The first-order valence-corrected chi connectivity index (χ1v) is 8.87. The van der Waals surface area contributed by atoms with Crippen molar-refractivity contribution in [2.45, 2.75) is 37.1 Å². The summed E-state index contributed by atoms with van der Waals surface area (Å²) >= 11 is 0. The van der Waals surface area contributed by atoms with Crippen LogP contribution in [0.4, 0.5) is 5.69 Å². The molecule has 0 amide bonds. The summed E-state index contributed by atoms with van der Waals surface area (Å²) in [6.07, 6.45) is 2.83. The Bertz CT molecular complexity index is 533. The number of benzene rings is 1. The third kappa shape index (κ3) is 3.52. The largest absolute Gasteiger partial charge is 0.374 e. The maximum absolute atomic E-state index is 12.0. The van der Waals surface area contributed by atoms with Gasteiger partial charge in [-0.3, -0.25) is 0 Å². The Labute approximate surface area is 121 Å². The molecule has 1 aromatic carbocycles. The maximum atomic E-state index is 12.0. The van der Waals surface area contributed by atoms with Crippen molar-refractivity contribution in [3.63, 3.8) is 0 Å². The molecule has 0 radical (unpaired) electrons. The number of hydrogen-bond acceptors (Lipinski definition) is 4. The Balaban J connectivity index is 2.00. The van der Waals surface area contributed by atoms with Gasteiger partial charge in [0.05, 0.1) is 10.6 Å². The third-order valence-electron chi connectivity index (χ3n) is 3.91. The SMILES string of the molecule is CCCS(=O)(=O)c1ccc(N(C)CC2CC(N)C2)cc1. The van der Waals surface area contributed by atoms with Gasteiger partial charge in [-0.15, -0.1) is 0 Å². The van der Waals surface area contributed by atoms with Crippen LogP contribution in [-0.2, 0) is 9.84 Å². The van der Waals surface area contributed by atoms with Gasteiger partial charge in [0, 0.05) is 25.3 Å². The zero-order valence-corrected chi connectivity index (χ0v) is 13.1. The minimum atomic E-state index is -3.11. The van der Waals surface area contributed by atoms with Crippen LogP contribution >= 0.6 is 0 Å². The second kappa shape index (κ2) is 6.14. The van der Waals surface area contributed by atoms with Crippen LogP contribution < -0.4 is 10.6 Å². The molecule has 2 N–H and O–H groups in total. The van der Waals surface area contributed by atoms with Gasteiger partial charge >= 0.3 is 0 Å². The molecule has 0 aromatic heterocycles. The van der Waals surface area contributed by atoms with E-state index in [1.54, 1.807) is 12.1 Å². The number of rotatable bonds is 6. The highest BCUT2D eigenvalue weighted by Crippen LogP contribution is 2.28. The monoisotopic (exact) mass is 296 g/mol. The van der Waals surface area contributed by atoms with Gasteiger partial charge in [0.25, 0.3) is 0 Å². The van der Waals surface area contributed by atoms with Crippen molar-refractivity contribution in [3.05, 3.63) is 24.3 Å². The molecule has 1 aliphatic carbocycles. The number of anilines is 1. The lowest BCUT2D eigenvalue weighted by molar-refractivity contribution is 0.271. The van der Waals surface area contributed by atoms with Gasteiger partial charge in [0.15, 0.2) is 9.84 Å². The topological polar surface area (TPSA) is 63.4 Å². The highest BCUT2D eigenvalue weighted by molar-refractivity contribution is 7.91. The van der Waals surface area contributed by atoms with Crippen LogP contribution in [0, 0.1) is 5.92 Å². The average Bonchev–Trinajstić information content (AvgIpc) is 2.37. The summed E-state index contributed by atoms with van der Waals surface area (Å²) < 4.78 is 23.9. The highest BCUT2D eigenvalue weighted by Gasteiger charge is 2.26. The molecule has 0 aliphatic heterocycles. The van der Waals surface area contributed by atoms with Crippen molar-refractivity contribution in [2.24, 2.45) is 11.7 Å². The van der Waals surface area contributed by atoms with Crippen LogP contribution in [-0.4, -0.2) is 33.8 Å². The summed E-state index contributed by atoms with van der Waals surface area (Å²) in [5, 5.41) is 0. The smallest absolute Gasteiger partial charge is 0.178 e. The molecule has 1 fully saturated rings. The van der Waals surface area contributed by atoms with Crippen molar-refractivity contribution in [1.29, 1.82) is 0 Å². The molecule has 112 valence electrons. The quantitative estimate of drug-likeness (QED) is 0.872.